The molecule has 5 nitrogen and oxygen atoms in total. The molecule has 0 aliphatic carbocycles. The van der Waals surface area contributed by atoms with Crippen molar-refractivity contribution in [3.05, 3.63) is 22.4 Å². The van der Waals surface area contributed by atoms with E-state index in [1.807, 2.05) is 36.3 Å². The van der Waals surface area contributed by atoms with Gasteiger partial charge < -0.3 is 20.1 Å². The standard InChI is InChI=1S/C14H25NO4S/c1-11(2)15(6-12(17)8-16)7-13(18)9-19-10-14-4-3-5-20-14/h3-5,11-13,16-18H,6-10H2,1-2H3. The molecule has 0 spiro atoms. The van der Waals surface area contributed by atoms with Crippen LogP contribution >= 0.6 is 11.3 Å². The number of aliphatic hydroxyl groups is 3. The fourth-order valence-electron chi connectivity index (χ4n) is 1.84. The predicted molar refractivity (Wildman–Crippen MR) is 79.8 cm³/mol. The summed E-state index contributed by atoms with van der Waals surface area (Å²) in [6.07, 6.45) is -1.39. The molecule has 0 fully saturated rings. The molecule has 2 atom stereocenters. The van der Waals surface area contributed by atoms with E-state index in [0.29, 0.717) is 19.7 Å². The molecule has 0 aliphatic rings. The number of thiophene rings is 1. The lowest BCUT2D eigenvalue weighted by Crippen LogP contribution is -2.44. The van der Waals surface area contributed by atoms with Gasteiger partial charge in [-0.25, -0.2) is 0 Å². The van der Waals surface area contributed by atoms with Gasteiger partial charge in [-0.1, -0.05) is 6.07 Å². The van der Waals surface area contributed by atoms with Crippen molar-refractivity contribution in [2.24, 2.45) is 0 Å². The van der Waals surface area contributed by atoms with Crippen LogP contribution in [0.5, 0.6) is 0 Å². The summed E-state index contributed by atoms with van der Waals surface area (Å²) in [6.45, 7) is 5.24. The third-order valence-corrected chi connectivity index (χ3v) is 3.82. The van der Waals surface area contributed by atoms with Gasteiger partial charge >= 0.3 is 0 Å². The van der Waals surface area contributed by atoms with E-state index in [-0.39, 0.29) is 19.3 Å². The average molecular weight is 303 g/mol. The molecule has 0 saturated carbocycles. The minimum atomic E-state index is -0.781. The number of nitrogens with zero attached hydrogens (tertiary/aromatic N) is 1. The van der Waals surface area contributed by atoms with E-state index < -0.39 is 12.2 Å². The highest BCUT2D eigenvalue weighted by Crippen LogP contribution is 2.10. The lowest BCUT2D eigenvalue weighted by Gasteiger charge is -2.30. The van der Waals surface area contributed by atoms with Gasteiger partial charge in [0.25, 0.3) is 0 Å². The second kappa shape index (κ2) is 9.44. The maximum absolute atomic E-state index is 9.98. The largest absolute Gasteiger partial charge is 0.394 e. The van der Waals surface area contributed by atoms with Crippen LogP contribution in [-0.4, -0.2) is 64.8 Å². The third-order valence-electron chi connectivity index (χ3n) is 2.97. The molecule has 1 aromatic heterocycles. The summed E-state index contributed by atoms with van der Waals surface area (Å²) < 4.78 is 5.47. The van der Waals surface area contributed by atoms with Crippen molar-refractivity contribution < 1.29 is 20.1 Å². The zero-order chi connectivity index (χ0) is 15.0. The number of aliphatic hydroxyl groups excluding tert-OH is 3. The second-order valence-corrected chi connectivity index (χ2v) is 6.16. The molecular weight excluding hydrogens is 278 g/mol. The molecule has 0 amide bonds. The summed E-state index contributed by atoms with van der Waals surface area (Å²) in [7, 11) is 0. The van der Waals surface area contributed by atoms with Gasteiger partial charge in [-0.15, -0.1) is 11.3 Å². The zero-order valence-corrected chi connectivity index (χ0v) is 12.9. The van der Waals surface area contributed by atoms with Gasteiger partial charge in [-0.3, -0.25) is 4.90 Å². The molecule has 0 aromatic carbocycles. The lowest BCUT2D eigenvalue weighted by molar-refractivity contribution is -0.0106. The molecule has 1 heterocycles. The molecule has 2 unspecified atom stereocenters. The molecule has 3 N–H and O–H groups in total. The van der Waals surface area contributed by atoms with Crippen molar-refractivity contribution >= 4 is 11.3 Å². The van der Waals surface area contributed by atoms with Crippen LogP contribution in [0.4, 0.5) is 0 Å². The molecule has 116 valence electrons. The summed E-state index contributed by atoms with van der Waals surface area (Å²) in [5, 5.41) is 30.3. The van der Waals surface area contributed by atoms with Crippen LogP contribution < -0.4 is 0 Å². The van der Waals surface area contributed by atoms with Gasteiger partial charge in [0.05, 0.1) is 32.0 Å². The molecule has 0 bridgehead atoms. The van der Waals surface area contributed by atoms with Gasteiger partial charge in [0.2, 0.25) is 0 Å². The first-order chi connectivity index (χ1) is 9.52. The van der Waals surface area contributed by atoms with Crippen molar-refractivity contribution in [1.29, 1.82) is 0 Å². The summed E-state index contributed by atoms with van der Waals surface area (Å²) in [5.74, 6) is 0. The zero-order valence-electron chi connectivity index (χ0n) is 12.1. The molecule has 0 saturated heterocycles. The topological polar surface area (TPSA) is 73.2 Å². The maximum Gasteiger partial charge on any atom is 0.0900 e. The van der Waals surface area contributed by atoms with Crippen LogP contribution in [0.3, 0.4) is 0 Å². The normalized spacial score (nSPS) is 14.9. The van der Waals surface area contributed by atoms with Crippen molar-refractivity contribution in [2.75, 3.05) is 26.3 Å². The van der Waals surface area contributed by atoms with E-state index in [9.17, 15) is 10.2 Å². The van der Waals surface area contributed by atoms with E-state index >= 15 is 0 Å². The van der Waals surface area contributed by atoms with Crippen LogP contribution in [0.15, 0.2) is 17.5 Å². The van der Waals surface area contributed by atoms with Gasteiger partial charge in [-0.2, -0.15) is 0 Å². The first kappa shape index (κ1) is 17.6. The van der Waals surface area contributed by atoms with Crippen molar-refractivity contribution in [3.8, 4) is 0 Å². The Labute approximate surface area is 124 Å². The molecular formula is C14H25NO4S. The van der Waals surface area contributed by atoms with E-state index in [1.165, 1.54) is 0 Å². The van der Waals surface area contributed by atoms with Gasteiger partial charge in [0, 0.05) is 24.0 Å². The number of hydrogen-bond donors (Lipinski definition) is 3. The molecule has 1 rings (SSSR count). The Morgan fingerprint density at radius 3 is 2.50 bits per heavy atom. The van der Waals surface area contributed by atoms with Crippen molar-refractivity contribution in [1.82, 2.24) is 4.90 Å². The minimum absolute atomic E-state index is 0.183. The first-order valence-corrected chi connectivity index (χ1v) is 7.72. The first-order valence-electron chi connectivity index (χ1n) is 6.84. The van der Waals surface area contributed by atoms with Crippen LogP contribution in [0.2, 0.25) is 0 Å². The summed E-state index contributed by atoms with van der Waals surface area (Å²) in [6, 6.07) is 4.15. The smallest absolute Gasteiger partial charge is 0.0900 e. The van der Waals surface area contributed by atoms with Gasteiger partial charge in [-0.05, 0) is 25.3 Å². The Kier molecular flexibility index (Phi) is 8.28. The second-order valence-electron chi connectivity index (χ2n) is 5.13. The fourth-order valence-corrected chi connectivity index (χ4v) is 2.48. The van der Waals surface area contributed by atoms with Gasteiger partial charge in [0.1, 0.15) is 0 Å². The van der Waals surface area contributed by atoms with E-state index in [1.54, 1.807) is 11.3 Å². The fraction of sp³-hybridized carbons (Fsp3) is 0.714. The van der Waals surface area contributed by atoms with E-state index in [0.717, 1.165) is 4.88 Å². The molecule has 0 aliphatic heterocycles. The Bertz CT molecular complexity index is 345. The Balaban J connectivity index is 2.28. The predicted octanol–water partition coefficient (Wildman–Crippen LogP) is 0.689. The quantitative estimate of drug-likeness (QED) is 0.593. The van der Waals surface area contributed by atoms with Crippen molar-refractivity contribution in [3.63, 3.8) is 0 Å². The number of hydrogen-bond acceptors (Lipinski definition) is 6. The Morgan fingerprint density at radius 1 is 1.25 bits per heavy atom. The van der Waals surface area contributed by atoms with Crippen LogP contribution in [0, 0.1) is 0 Å². The molecule has 6 heteroatoms. The highest BCUT2D eigenvalue weighted by molar-refractivity contribution is 7.09. The number of ether oxygens (including phenoxy) is 1. The molecule has 20 heavy (non-hydrogen) atoms. The number of rotatable bonds is 10. The van der Waals surface area contributed by atoms with E-state index in [2.05, 4.69) is 0 Å². The Hall–Kier alpha value is -0.500. The average Bonchev–Trinajstić information content (AvgIpc) is 2.90. The molecule has 0 radical (unpaired) electrons. The SMILES string of the molecule is CC(C)N(CC(O)CO)CC(O)COCc1cccs1. The lowest BCUT2D eigenvalue weighted by atomic mass is 10.2. The summed E-state index contributed by atoms with van der Waals surface area (Å²) >= 11 is 1.63. The summed E-state index contributed by atoms with van der Waals surface area (Å²) in [4.78, 5) is 3.06. The van der Waals surface area contributed by atoms with E-state index in [4.69, 9.17) is 9.84 Å². The molecule has 1 aromatic rings. The summed E-state index contributed by atoms with van der Waals surface area (Å²) in [5.41, 5.74) is 0. The Morgan fingerprint density at radius 2 is 1.95 bits per heavy atom. The van der Waals surface area contributed by atoms with Crippen molar-refractivity contribution in [2.45, 2.75) is 38.7 Å². The highest BCUT2D eigenvalue weighted by atomic mass is 32.1. The maximum atomic E-state index is 9.98. The van der Waals surface area contributed by atoms with Crippen LogP contribution in [-0.2, 0) is 11.3 Å². The minimum Gasteiger partial charge on any atom is -0.394 e. The van der Waals surface area contributed by atoms with Gasteiger partial charge in [0.15, 0.2) is 0 Å². The highest BCUT2D eigenvalue weighted by Gasteiger charge is 2.18. The van der Waals surface area contributed by atoms with Crippen LogP contribution in [0.1, 0.15) is 18.7 Å². The third kappa shape index (κ3) is 6.78. The monoisotopic (exact) mass is 303 g/mol. The van der Waals surface area contributed by atoms with Crippen LogP contribution in [0.25, 0.3) is 0 Å².